The summed E-state index contributed by atoms with van der Waals surface area (Å²) in [7, 11) is -1.80. The number of allylic oxidation sites excluding steroid dienone is 2. The van der Waals surface area contributed by atoms with Crippen molar-refractivity contribution in [2.75, 3.05) is 0 Å². The fourth-order valence-electron chi connectivity index (χ4n) is 3.97. The predicted octanol–water partition coefficient (Wildman–Crippen LogP) is 7.25. The molecule has 0 aromatic rings. The van der Waals surface area contributed by atoms with Crippen molar-refractivity contribution < 1.29 is 19.4 Å². The van der Waals surface area contributed by atoms with Crippen molar-refractivity contribution in [3.05, 3.63) is 23.8 Å². The SMILES string of the molecule is CCCCC[C@@H](CCC1=CC[C@H](O)[C@@H]1C/C=C\CCCC(=O)O)O[Si](C)(C)C(C)(C)C. The van der Waals surface area contributed by atoms with Crippen molar-refractivity contribution in [2.45, 2.75) is 129 Å². The number of aliphatic hydroxyl groups is 1. The molecule has 0 aliphatic heterocycles. The van der Waals surface area contributed by atoms with Gasteiger partial charge >= 0.3 is 5.97 Å². The van der Waals surface area contributed by atoms with Crippen LogP contribution in [-0.4, -0.2) is 36.7 Å². The molecule has 0 aromatic carbocycles. The van der Waals surface area contributed by atoms with Crippen molar-refractivity contribution in [1.82, 2.24) is 0 Å². The van der Waals surface area contributed by atoms with Gasteiger partial charge in [0.25, 0.3) is 0 Å². The maximum absolute atomic E-state index is 10.6. The summed E-state index contributed by atoms with van der Waals surface area (Å²) in [5.41, 5.74) is 1.38. The zero-order valence-electron chi connectivity index (χ0n) is 21.0. The fraction of sp³-hybridized carbons (Fsp3) is 0.808. The topological polar surface area (TPSA) is 66.8 Å². The van der Waals surface area contributed by atoms with Crippen molar-refractivity contribution >= 4 is 14.3 Å². The van der Waals surface area contributed by atoms with Gasteiger partial charge in [0.05, 0.1) is 6.10 Å². The predicted molar refractivity (Wildman–Crippen MR) is 133 cm³/mol. The van der Waals surface area contributed by atoms with E-state index in [2.05, 4.69) is 59.0 Å². The number of aliphatic carboxylic acids is 1. The Hall–Kier alpha value is -0.913. The van der Waals surface area contributed by atoms with Crippen LogP contribution in [0.4, 0.5) is 0 Å². The summed E-state index contributed by atoms with van der Waals surface area (Å²) in [5, 5.41) is 19.4. The molecule has 0 fully saturated rings. The molecule has 0 aromatic heterocycles. The van der Waals surface area contributed by atoms with Gasteiger partial charge in [-0.05, 0) is 63.1 Å². The first-order valence-electron chi connectivity index (χ1n) is 12.4. The summed E-state index contributed by atoms with van der Waals surface area (Å²) in [4.78, 5) is 10.6. The van der Waals surface area contributed by atoms with E-state index in [0.717, 1.165) is 38.5 Å². The standard InChI is InChI=1S/C26H48O4Si/c1-7-8-11-14-22(30-31(5,6)26(2,3)4)19-17-21-18-20-24(27)23(21)15-12-9-10-13-16-25(28)29/h9,12,18,22-24,27H,7-8,10-11,13-17,19-20H2,1-6H3,(H,28,29)/b12-9-/t22-,23+,24-/m0/s1. The molecule has 4 nitrogen and oxygen atoms in total. The van der Waals surface area contributed by atoms with Crippen LogP contribution in [0.5, 0.6) is 0 Å². The molecule has 0 amide bonds. The molecule has 1 aliphatic rings. The van der Waals surface area contributed by atoms with E-state index in [1.54, 1.807) is 0 Å². The molecule has 0 radical (unpaired) electrons. The lowest BCUT2D eigenvalue weighted by Gasteiger charge is -2.39. The lowest BCUT2D eigenvalue weighted by Crippen LogP contribution is -2.44. The zero-order valence-corrected chi connectivity index (χ0v) is 22.0. The van der Waals surface area contributed by atoms with E-state index < -0.39 is 14.3 Å². The number of carbonyl (C=O) groups is 1. The quantitative estimate of drug-likeness (QED) is 0.156. The number of rotatable bonds is 15. The average Bonchev–Trinajstić information content (AvgIpc) is 3.01. The maximum atomic E-state index is 10.6. The van der Waals surface area contributed by atoms with E-state index in [9.17, 15) is 9.90 Å². The average molecular weight is 453 g/mol. The Morgan fingerprint density at radius 2 is 1.94 bits per heavy atom. The lowest BCUT2D eigenvalue weighted by atomic mass is 9.91. The van der Waals surface area contributed by atoms with E-state index in [1.807, 2.05) is 0 Å². The number of aliphatic hydroxyl groups excluding tert-OH is 1. The highest BCUT2D eigenvalue weighted by Crippen LogP contribution is 2.39. The number of carboxylic acid groups (broad SMARTS) is 1. The number of unbranched alkanes of at least 4 members (excludes halogenated alkanes) is 3. The highest BCUT2D eigenvalue weighted by atomic mass is 28.4. The summed E-state index contributed by atoms with van der Waals surface area (Å²) in [6.07, 6.45) is 16.6. The third kappa shape index (κ3) is 10.5. The highest BCUT2D eigenvalue weighted by Gasteiger charge is 2.39. The van der Waals surface area contributed by atoms with Crippen LogP contribution >= 0.6 is 0 Å². The first kappa shape index (κ1) is 28.1. The Labute approximate surface area is 192 Å². The summed E-state index contributed by atoms with van der Waals surface area (Å²) in [5.74, 6) is -0.543. The molecule has 0 spiro atoms. The van der Waals surface area contributed by atoms with Crippen LogP contribution < -0.4 is 0 Å². The molecule has 0 bridgehead atoms. The molecule has 0 saturated carbocycles. The minimum Gasteiger partial charge on any atom is -0.481 e. The lowest BCUT2D eigenvalue weighted by molar-refractivity contribution is -0.137. The summed E-state index contributed by atoms with van der Waals surface area (Å²) >= 11 is 0. The second-order valence-corrected chi connectivity index (χ2v) is 15.5. The second kappa shape index (κ2) is 13.6. The maximum Gasteiger partial charge on any atom is 0.303 e. The first-order valence-corrected chi connectivity index (χ1v) is 15.3. The molecule has 0 heterocycles. The van der Waals surface area contributed by atoms with E-state index >= 15 is 0 Å². The first-order chi connectivity index (χ1) is 14.5. The Morgan fingerprint density at radius 1 is 1.23 bits per heavy atom. The van der Waals surface area contributed by atoms with Gasteiger partial charge in [-0.2, -0.15) is 0 Å². The van der Waals surface area contributed by atoms with Crippen LogP contribution in [0.1, 0.15) is 98.3 Å². The third-order valence-corrected chi connectivity index (χ3v) is 11.6. The van der Waals surface area contributed by atoms with Gasteiger partial charge < -0.3 is 14.6 Å². The van der Waals surface area contributed by atoms with Crippen LogP contribution in [0.3, 0.4) is 0 Å². The molecule has 5 heteroatoms. The molecular formula is C26H48O4Si. The normalized spacial score (nSPS) is 20.9. The minimum atomic E-state index is -1.80. The van der Waals surface area contributed by atoms with E-state index in [1.165, 1.54) is 24.8 Å². The molecule has 0 saturated heterocycles. The monoisotopic (exact) mass is 452 g/mol. The van der Waals surface area contributed by atoms with Crippen molar-refractivity contribution in [3.8, 4) is 0 Å². The van der Waals surface area contributed by atoms with Crippen molar-refractivity contribution in [2.24, 2.45) is 5.92 Å². The Bertz CT molecular complexity index is 589. The number of hydrogen-bond acceptors (Lipinski definition) is 3. The van der Waals surface area contributed by atoms with Gasteiger partial charge in [0.2, 0.25) is 0 Å². The van der Waals surface area contributed by atoms with E-state index in [-0.39, 0.29) is 23.5 Å². The second-order valence-electron chi connectivity index (χ2n) is 10.7. The largest absolute Gasteiger partial charge is 0.481 e. The fourth-order valence-corrected chi connectivity index (χ4v) is 5.39. The molecule has 2 N–H and O–H groups in total. The van der Waals surface area contributed by atoms with E-state index in [0.29, 0.717) is 12.5 Å². The number of hydrogen-bond donors (Lipinski definition) is 2. The summed E-state index contributed by atoms with van der Waals surface area (Å²) in [6, 6.07) is 0. The van der Waals surface area contributed by atoms with Gasteiger partial charge in [-0.25, -0.2) is 0 Å². The third-order valence-electron chi connectivity index (χ3n) is 7.03. The zero-order chi connectivity index (χ0) is 23.5. The van der Waals surface area contributed by atoms with Crippen molar-refractivity contribution in [3.63, 3.8) is 0 Å². The van der Waals surface area contributed by atoms with Gasteiger partial charge in [0.1, 0.15) is 0 Å². The van der Waals surface area contributed by atoms with Gasteiger partial charge in [0, 0.05) is 18.4 Å². The molecule has 1 aliphatic carbocycles. The van der Waals surface area contributed by atoms with Crippen LogP contribution in [0, 0.1) is 5.92 Å². The van der Waals surface area contributed by atoms with Crippen LogP contribution in [0.15, 0.2) is 23.8 Å². The molecule has 1 rings (SSSR count). The highest BCUT2D eigenvalue weighted by molar-refractivity contribution is 6.74. The molecule has 180 valence electrons. The Morgan fingerprint density at radius 3 is 2.55 bits per heavy atom. The molecule has 3 atom stereocenters. The summed E-state index contributed by atoms with van der Waals surface area (Å²) in [6.45, 7) is 13.8. The van der Waals surface area contributed by atoms with Gasteiger partial charge in [-0.3, -0.25) is 4.79 Å². The molecule has 31 heavy (non-hydrogen) atoms. The van der Waals surface area contributed by atoms with Crippen LogP contribution in [0.2, 0.25) is 18.1 Å². The molecule has 0 unspecified atom stereocenters. The van der Waals surface area contributed by atoms with Gasteiger partial charge in [0.15, 0.2) is 8.32 Å². The number of carboxylic acids is 1. The van der Waals surface area contributed by atoms with Gasteiger partial charge in [-0.15, -0.1) is 0 Å². The van der Waals surface area contributed by atoms with E-state index in [4.69, 9.17) is 9.53 Å². The smallest absolute Gasteiger partial charge is 0.303 e. The van der Waals surface area contributed by atoms with Gasteiger partial charge in [-0.1, -0.05) is 70.8 Å². The van der Waals surface area contributed by atoms with Crippen LogP contribution in [0.25, 0.3) is 0 Å². The Kier molecular flexibility index (Phi) is 12.3. The minimum absolute atomic E-state index is 0.194. The Balaban J connectivity index is 2.63. The molecular weight excluding hydrogens is 404 g/mol. The van der Waals surface area contributed by atoms with Crippen LogP contribution in [-0.2, 0) is 9.22 Å². The van der Waals surface area contributed by atoms with Crippen molar-refractivity contribution in [1.29, 1.82) is 0 Å². The summed E-state index contributed by atoms with van der Waals surface area (Å²) < 4.78 is 6.80.